The van der Waals surface area contributed by atoms with Gasteiger partial charge in [0.05, 0.1) is 24.0 Å². The van der Waals surface area contributed by atoms with Gasteiger partial charge in [0.2, 0.25) is 0 Å². The number of nitrogens with zero attached hydrogens (tertiary/aromatic N) is 3. The first-order chi connectivity index (χ1) is 9.75. The Morgan fingerprint density at radius 3 is 3.15 bits per heavy atom. The molecular weight excluding hydrogens is 279 g/mol. The highest BCUT2D eigenvalue weighted by Gasteiger charge is 2.29. The fourth-order valence-electron chi connectivity index (χ4n) is 2.37. The number of hydrogen-bond acceptors (Lipinski definition) is 5. The normalized spacial score (nSPS) is 19.1. The van der Waals surface area contributed by atoms with Crippen molar-refractivity contribution < 1.29 is 9.18 Å². The molecule has 1 aromatic carbocycles. The summed E-state index contributed by atoms with van der Waals surface area (Å²) in [5, 5.41) is 3.23. The number of rotatable bonds is 2. The highest BCUT2D eigenvalue weighted by atomic mass is 32.1. The standard InChI is InChI=1S/C13H13FN4OS/c14-10-3-1-2-9(6-10)12-8-15-4-5-18(12)13(19)11-7-16-20-17-11/h1-3,6-7,12,15H,4-5,8H2. The summed E-state index contributed by atoms with van der Waals surface area (Å²) in [5.74, 6) is -0.453. The number of piperazine rings is 1. The van der Waals surface area contributed by atoms with Crippen LogP contribution in [-0.4, -0.2) is 39.2 Å². The lowest BCUT2D eigenvalue weighted by Crippen LogP contribution is -2.48. The van der Waals surface area contributed by atoms with Gasteiger partial charge < -0.3 is 10.2 Å². The van der Waals surface area contributed by atoms with Crippen molar-refractivity contribution >= 4 is 17.6 Å². The van der Waals surface area contributed by atoms with E-state index >= 15 is 0 Å². The number of benzene rings is 1. The van der Waals surface area contributed by atoms with Crippen molar-refractivity contribution in [2.45, 2.75) is 6.04 Å². The first kappa shape index (κ1) is 13.1. The Kier molecular flexibility index (Phi) is 3.70. The van der Waals surface area contributed by atoms with Gasteiger partial charge in [0, 0.05) is 19.6 Å². The summed E-state index contributed by atoms with van der Waals surface area (Å²) in [6.45, 7) is 1.89. The minimum atomic E-state index is -0.296. The van der Waals surface area contributed by atoms with E-state index in [1.165, 1.54) is 18.3 Å². The summed E-state index contributed by atoms with van der Waals surface area (Å²) in [5.41, 5.74) is 1.13. The van der Waals surface area contributed by atoms with Crippen LogP contribution in [0.1, 0.15) is 22.1 Å². The zero-order valence-corrected chi connectivity index (χ0v) is 11.4. The molecule has 1 aliphatic rings. The predicted molar refractivity (Wildman–Crippen MR) is 73.0 cm³/mol. The number of carbonyl (C=O) groups excluding carboxylic acids is 1. The Bertz CT molecular complexity index is 604. The molecule has 0 bridgehead atoms. The van der Waals surface area contributed by atoms with E-state index in [0.717, 1.165) is 23.8 Å². The number of halogens is 1. The second-order valence-corrected chi connectivity index (χ2v) is 5.12. The number of nitrogens with one attached hydrogen (secondary N) is 1. The molecule has 1 fully saturated rings. The van der Waals surface area contributed by atoms with Crippen molar-refractivity contribution in [3.05, 3.63) is 47.5 Å². The number of hydrogen-bond donors (Lipinski definition) is 1. The summed E-state index contributed by atoms with van der Waals surface area (Å²) >= 11 is 1.01. The van der Waals surface area contributed by atoms with Crippen LogP contribution in [0, 0.1) is 5.82 Å². The average Bonchev–Trinajstić information content (AvgIpc) is 3.01. The molecule has 1 amide bonds. The molecule has 1 aromatic heterocycles. The molecule has 104 valence electrons. The monoisotopic (exact) mass is 292 g/mol. The molecular formula is C13H13FN4OS. The van der Waals surface area contributed by atoms with Gasteiger partial charge >= 0.3 is 0 Å². The molecule has 20 heavy (non-hydrogen) atoms. The Balaban J connectivity index is 1.89. The zero-order valence-electron chi connectivity index (χ0n) is 10.6. The second-order valence-electron chi connectivity index (χ2n) is 4.57. The molecule has 1 aliphatic heterocycles. The molecule has 2 heterocycles. The van der Waals surface area contributed by atoms with Gasteiger partial charge in [0.25, 0.3) is 5.91 Å². The Hall–Kier alpha value is -1.86. The van der Waals surface area contributed by atoms with E-state index in [2.05, 4.69) is 14.1 Å². The van der Waals surface area contributed by atoms with E-state index < -0.39 is 0 Å². The van der Waals surface area contributed by atoms with Crippen molar-refractivity contribution in [2.24, 2.45) is 0 Å². The minimum absolute atomic E-state index is 0.158. The van der Waals surface area contributed by atoms with Gasteiger partial charge in [0.1, 0.15) is 5.82 Å². The molecule has 0 spiro atoms. The molecule has 1 unspecified atom stereocenters. The summed E-state index contributed by atoms with van der Waals surface area (Å²) in [6, 6.07) is 6.17. The topological polar surface area (TPSA) is 58.1 Å². The SMILES string of the molecule is O=C(c1cnsn1)N1CCNCC1c1cccc(F)c1. The molecule has 1 N–H and O–H groups in total. The Labute approximate surface area is 119 Å². The smallest absolute Gasteiger partial charge is 0.275 e. The van der Waals surface area contributed by atoms with Crippen LogP contribution in [-0.2, 0) is 0 Å². The van der Waals surface area contributed by atoms with Gasteiger partial charge in [-0.2, -0.15) is 8.75 Å². The molecule has 2 aromatic rings. The van der Waals surface area contributed by atoms with E-state index in [4.69, 9.17) is 0 Å². The Morgan fingerprint density at radius 1 is 1.50 bits per heavy atom. The van der Waals surface area contributed by atoms with E-state index in [-0.39, 0.29) is 17.8 Å². The highest BCUT2D eigenvalue weighted by molar-refractivity contribution is 6.99. The molecule has 1 atom stereocenters. The van der Waals surface area contributed by atoms with Crippen LogP contribution in [0.2, 0.25) is 0 Å². The third-order valence-electron chi connectivity index (χ3n) is 3.32. The van der Waals surface area contributed by atoms with Gasteiger partial charge in [-0.15, -0.1) is 0 Å². The number of aromatic nitrogens is 2. The molecule has 1 saturated heterocycles. The van der Waals surface area contributed by atoms with Gasteiger partial charge in [-0.3, -0.25) is 4.79 Å². The molecule has 3 rings (SSSR count). The zero-order chi connectivity index (χ0) is 13.9. The first-order valence-corrected chi connectivity index (χ1v) is 7.03. The van der Waals surface area contributed by atoms with Crippen molar-refractivity contribution in [3.8, 4) is 0 Å². The minimum Gasteiger partial charge on any atom is -0.328 e. The van der Waals surface area contributed by atoms with Crippen molar-refractivity contribution in [2.75, 3.05) is 19.6 Å². The van der Waals surface area contributed by atoms with Crippen LogP contribution in [0.25, 0.3) is 0 Å². The van der Waals surface area contributed by atoms with E-state index in [9.17, 15) is 9.18 Å². The van der Waals surface area contributed by atoms with Gasteiger partial charge in [-0.25, -0.2) is 4.39 Å². The van der Waals surface area contributed by atoms with Crippen molar-refractivity contribution in [1.82, 2.24) is 19.0 Å². The van der Waals surface area contributed by atoms with Crippen LogP contribution in [0.15, 0.2) is 30.5 Å². The summed E-state index contributed by atoms with van der Waals surface area (Å²) in [7, 11) is 0. The maximum Gasteiger partial charge on any atom is 0.275 e. The van der Waals surface area contributed by atoms with Gasteiger partial charge in [-0.05, 0) is 17.7 Å². The number of amides is 1. The third kappa shape index (κ3) is 2.54. The fourth-order valence-corrected chi connectivity index (χ4v) is 2.77. The molecule has 0 aliphatic carbocycles. The van der Waals surface area contributed by atoms with Crippen LogP contribution >= 0.6 is 11.7 Å². The van der Waals surface area contributed by atoms with Crippen LogP contribution in [0.4, 0.5) is 4.39 Å². The van der Waals surface area contributed by atoms with Crippen LogP contribution in [0.3, 0.4) is 0 Å². The first-order valence-electron chi connectivity index (χ1n) is 6.30. The lowest BCUT2D eigenvalue weighted by molar-refractivity contribution is 0.0629. The maximum absolute atomic E-state index is 13.4. The van der Waals surface area contributed by atoms with Crippen molar-refractivity contribution in [3.63, 3.8) is 0 Å². The largest absolute Gasteiger partial charge is 0.328 e. The van der Waals surface area contributed by atoms with Gasteiger partial charge in [-0.1, -0.05) is 12.1 Å². The maximum atomic E-state index is 13.4. The summed E-state index contributed by atoms with van der Waals surface area (Å²) < 4.78 is 21.2. The molecule has 5 nitrogen and oxygen atoms in total. The second kappa shape index (κ2) is 5.64. The molecule has 7 heteroatoms. The predicted octanol–water partition coefficient (Wildman–Crippen LogP) is 1.46. The lowest BCUT2D eigenvalue weighted by atomic mass is 10.0. The summed E-state index contributed by atoms with van der Waals surface area (Å²) in [6.07, 6.45) is 1.47. The summed E-state index contributed by atoms with van der Waals surface area (Å²) in [4.78, 5) is 14.2. The molecule has 0 radical (unpaired) electrons. The molecule has 0 saturated carbocycles. The lowest BCUT2D eigenvalue weighted by Gasteiger charge is -2.36. The average molecular weight is 292 g/mol. The van der Waals surface area contributed by atoms with Crippen LogP contribution < -0.4 is 5.32 Å². The highest BCUT2D eigenvalue weighted by Crippen LogP contribution is 2.24. The quantitative estimate of drug-likeness (QED) is 0.910. The van der Waals surface area contributed by atoms with Crippen LogP contribution in [0.5, 0.6) is 0 Å². The van der Waals surface area contributed by atoms with E-state index in [0.29, 0.717) is 18.8 Å². The number of carbonyl (C=O) groups is 1. The fraction of sp³-hybridized carbons (Fsp3) is 0.308. The third-order valence-corrected chi connectivity index (χ3v) is 3.80. The van der Waals surface area contributed by atoms with E-state index in [1.807, 2.05) is 6.07 Å². The van der Waals surface area contributed by atoms with E-state index in [1.54, 1.807) is 11.0 Å². The Morgan fingerprint density at radius 2 is 2.40 bits per heavy atom. The van der Waals surface area contributed by atoms with Gasteiger partial charge in [0.15, 0.2) is 5.69 Å². The van der Waals surface area contributed by atoms with Crippen molar-refractivity contribution in [1.29, 1.82) is 0 Å².